The fraction of sp³-hybridized carbons (Fsp3) is 0.300. The van der Waals surface area contributed by atoms with E-state index in [4.69, 9.17) is 9.47 Å². The molecule has 2 N–H and O–H groups in total. The lowest BCUT2D eigenvalue weighted by Crippen LogP contribution is -2.08. The van der Waals surface area contributed by atoms with Crippen molar-refractivity contribution in [2.24, 2.45) is 5.73 Å². The third-order valence-electron chi connectivity index (χ3n) is 1.78. The lowest BCUT2D eigenvalue weighted by Gasteiger charge is -2.05. The molecule has 0 aliphatic carbocycles. The molecule has 1 aromatic rings. The molecule has 0 saturated heterocycles. The van der Waals surface area contributed by atoms with Gasteiger partial charge in [0.15, 0.2) is 11.5 Å². The number of methoxy groups -OCH3 is 3. The number of amides is 1. The quantitative estimate of drug-likeness (QED) is 0.646. The molecule has 1 amide bonds. The van der Waals surface area contributed by atoms with Gasteiger partial charge < -0.3 is 19.9 Å². The zero-order chi connectivity index (χ0) is 14.1. The van der Waals surface area contributed by atoms with Gasteiger partial charge in [-0.15, -0.1) is 0 Å². The number of rotatable bonds is 3. The van der Waals surface area contributed by atoms with Gasteiger partial charge in [-0.3, -0.25) is 10.1 Å². The fourth-order valence-corrected chi connectivity index (χ4v) is 0.938. The molecular formula is C10H14N2O6. The van der Waals surface area contributed by atoms with Crippen molar-refractivity contribution in [1.29, 1.82) is 0 Å². The number of ether oxygens (including phenoxy) is 3. The van der Waals surface area contributed by atoms with Gasteiger partial charge in [0.05, 0.1) is 32.3 Å². The van der Waals surface area contributed by atoms with Crippen LogP contribution in [0.15, 0.2) is 18.2 Å². The second-order valence-corrected chi connectivity index (χ2v) is 2.82. The normalized spacial score (nSPS) is 8.61. The van der Waals surface area contributed by atoms with Crippen LogP contribution in [0.5, 0.6) is 11.5 Å². The second kappa shape index (κ2) is 7.71. The molecule has 0 unspecified atom stereocenters. The Labute approximate surface area is 103 Å². The van der Waals surface area contributed by atoms with Gasteiger partial charge in [0, 0.05) is 6.07 Å². The Hall–Kier alpha value is -2.51. The molecule has 8 heteroatoms. The molecule has 0 bridgehead atoms. The molecule has 0 heterocycles. The number of carbonyl (C=O) groups excluding carboxylic acids is 1. The van der Waals surface area contributed by atoms with Gasteiger partial charge in [-0.1, -0.05) is 0 Å². The van der Waals surface area contributed by atoms with Crippen LogP contribution in [-0.4, -0.2) is 32.3 Å². The first kappa shape index (κ1) is 15.5. The molecule has 8 nitrogen and oxygen atoms in total. The summed E-state index contributed by atoms with van der Waals surface area (Å²) in [6.45, 7) is 0. The standard InChI is InChI=1S/C8H9NO4.C2H5NO2/c1-12-7-4-3-6(9(10)11)5-8(7)13-2;1-5-2(3)4/h3-5H,1-2H3;1H3,(H2,3,4). The van der Waals surface area contributed by atoms with Crippen LogP contribution in [0.2, 0.25) is 0 Å². The molecule has 18 heavy (non-hydrogen) atoms. The highest BCUT2D eigenvalue weighted by atomic mass is 16.6. The van der Waals surface area contributed by atoms with Gasteiger partial charge in [0.1, 0.15) is 0 Å². The van der Waals surface area contributed by atoms with E-state index < -0.39 is 11.0 Å². The molecule has 0 spiro atoms. The number of benzene rings is 1. The first-order valence-corrected chi connectivity index (χ1v) is 4.66. The minimum atomic E-state index is -0.745. The molecule has 0 saturated carbocycles. The average Bonchev–Trinajstić information content (AvgIpc) is 2.38. The number of nitro benzene ring substituents is 1. The number of hydrogen-bond acceptors (Lipinski definition) is 6. The van der Waals surface area contributed by atoms with Crippen LogP contribution in [-0.2, 0) is 4.74 Å². The van der Waals surface area contributed by atoms with Gasteiger partial charge in [-0.05, 0) is 6.07 Å². The molecule has 1 rings (SSSR count). The lowest BCUT2D eigenvalue weighted by molar-refractivity contribution is -0.384. The van der Waals surface area contributed by atoms with Crippen molar-refractivity contribution in [3.05, 3.63) is 28.3 Å². The highest BCUT2D eigenvalue weighted by molar-refractivity contribution is 5.64. The van der Waals surface area contributed by atoms with Gasteiger partial charge >= 0.3 is 6.09 Å². The first-order chi connectivity index (χ1) is 8.46. The Kier molecular flexibility index (Phi) is 6.64. The van der Waals surface area contributed by atoms with Crippen molar-refractivity contribution < 1.29 is 23.9 Å². The van der Waals surface area contributed by atoms with Gasteiger partial charge in [0.2, 0.25) is 0 Å². The van der Waals surface area contributed by atoms with Crippen LogP contribution < -0.4 is 15.2 Å². The SMILES string of the molecule is COC(N)=O.COc1ccc([N+](=O)[O-])cc1OC. The topological polar surface area (TPSA) is 114 Å². The number of carbonyl (C=O) groups is 1. The Bertz CT molecular complexity index is 421. The molecular weight excluding hydrogens is 244 g/mol. The summed E-state index contributed by atoms with van der Waals surface area (Å²) < 4.78 is 13.7. The highest BCUT2D eigenvalue weighted by Crippen LogP contribution is 2.30. The van der Waals surface area contributed by atoms with Crippen LogP contribution in [0.25, 0.3) is 0 Å². The molecule has 0 atom stereocenters. The van der Waals surface area contributed by atoms with E-state index in [2.05, 4.69) is 10.5 Å². The molecule has 0 aromatic heterocycles. The maximum absolute atomic E-state index is 10.4. The molecule has 0 fully saturated rings. The Balaban J connectivity index is 0.000000494. The second-order valence-electron chi connectivity index (χ2n) is 2.82. The van der Waals surface area contributed by atoms with Crippen molar-refractivity contribution >= 4 is 11.8 Å². The van der Waals surface area contributed by atoms with E-state index in [1.54, 1.807) is 0 Å². The van der Waals surface area contributed by atoms with Gasteiger partial charge in [0.25, 0.3) is 5.69 Å². The number of nitrogens with two attached hydrogens (primary N) is 1. The third-order valence-corrected chi connectivity index (χ3v) is 1.78. The number of nitrogens with zero attached hydrogens (tertiary/aromatic N) is 1. The summed E-state index contributed by atoms with van der Waals surface area (Å²) in [6.07, 6.45) is -0.745. The zero-order valence-corrected chi connectivity index (χ0v) is 10.2. The van der Waals surface area contributed by atoms with Crippen molar-refractivity contribution in [1.82, 2.24) is 0 Å². The monoisotopic (exact) mass is 258 g/mol. The maximum Gasteiger partial charge on any atom is 0.404 e. The van der Waals surface area contributed by atoms with Crippen molar-refractivity contribution in [3.8, 4) is 11.5 Å². The smallest absolute Gasteiger partial charge is 0.404 e. The summed E-state index contributed by atoms with van der Waals surface area (Å²) in [6, 6.07) is 4.18. The predicted octanol–water partition coefficient (Wildman–Crippen LogP) is 1.32. The number of primary amides is 1. The number of non-ortho nitro benzene ring substituents is 1. The maximum atomic E-state index is 10.4. The average molecular weight is 258 g/mol. The van der Waals surface area contributed by atoms with E-state index >= 15 is 0 Å². The predicted molar refractivity (Wildman–Crippen MR) is 62.8 cm³/mol. The van der Waals surface area contributed by atoms with Crippen LogP contribution in [0, 0.1) is 10.1 Å². The summed E-state index contributed by atoms with van der Waals surface area (Å²) in [7, 11) is 4.13. The van der Waals surface area contributed by atoms with Crippen molar-refractivity contribution in [3.63, 3.8) is 0 Å². The minimum Gasteiger partial charge on any atom is -0.493 e. The minimum absolute atomic E-state index is 0.0161. The summed E-state index contributed by atoms with van der Waals surface area (Å²) >= 11 is 0. The summed E-state index contributed by atoms with van der Waals surface area (Å²) in [5, 5.41) is 10.4. The Morgan fingerprint density at radius 2 is 1.72 bits per heavy atom. The molecule has 0 aliphatic rings. The Morgan fingerprint density at radius 1 is 1.22 bits per heavy atom. The van der Waals surface area contributed by atoms with Crippen LogP contribution in [0.3, 0.4) is 0 Å². The zero-order valence-electron chi connectivity index (χ0n) is 10.2. The summed E-state index contributed by atoms with van der Waals surface area (Å²) in [5.41, 5.74) is 4.41. The van der Waals surface area contributed by atoms with Crippen molar-refractivity contribution in [2.75, 3.05) is 21.3 Å². The fourth-order valence-electron chi connectivity index (χ4n) is 0.938. The van der Waals surface area contributed by atoms with Crippen LogP contribution in [0.4, 0.5) is 10.5 Å². The van der Waals surface area contributed by atoms with E-state index in [0.29, 0.717) is 11.5 Å². The van der Waals surface area contributed by atoms with Crippen molar-refractivity contribution in [2.45, 2.75) is 0 Å². The van der Waals surface area contributed by atoms with E-state index in [1.165, 1.54) is 39.5 Å². The van der Waals surface area contributed by atoms with E-state index in [1.807, 2.05) is 0 Å². The number of nitro groups is 1. The van der Waals surface area contributed by atoms with E-state index in [-0.39, 0.29) is 5.69 Å². The largest absolute Gasteiger partial charge is 0.493 e. The highest BCUT2D eigenvalue weighted by Gasteiger charge is 2.10. The lowest BCUT2D eigenvalue weighted by atomic mass is 10.3. The third kappa shape index (κ3) is 5.01. The van der Waals surface area contributed by atoms with Gasteiger partial charge in [-0.2, -0.15) is 0 Å². The van der Waals surface area contributed by atoms with E-state index in [0.717, 1.165) is 0 Å². The van der Waals surface area contributed by atoms with Crippen LogP contribution >= 0.6 is 0 Å². The van der Waals surface area contributed by atoms with E-state index in [9.17, 15) is 14.9 Å². The van der Waals surface area contributed by atoms with Crippen LogP contribution in [0.1, 0.15) is 0 Å². The summed E-state index contributed by atoms with van der Waals surface area (Å²) in [5.74, 6) is 0.838. The molecule has 0 aliphatic heterocycles. The molecule has 1 aromatic carbocycles. The first-order valence-electron chi connectivity index (χ1n) is 4.66. The Morgan fingerprint density at radius 3 is 2.06 bits per heavy atom. The number of hydrogen-bond donors (Lipinski definition) is 1. The molecule has 100 valence electrons. The molecule has 0 radical (unpaired) electrons. The van der Waals surface area contributed by atoms with Gasteiger partial charge in [-0.25, -0.2) is 4.79 Å². The summed E-state index contributed by atoms with van der Waals surface area (Å²) in [4.78, 5) is 19.3.